The van der Waals surface area contributed by atoms with Crippen molar-refractivity contribution in [2.24, 2.45) is 11.8 Å². The van der Waals surface area contributed by atoms with Gasteiger partial charge in [-0.1, -0.05) is 18.2 Å². The third kappa shape index (κ3) is 4.45. The van der Waals surface area contributed by atoms with Gasteiger partial charge >= 0.3 is 0 Å². The topological polar surface area (TPSA) is 47.3 Å². The smallest absolute Gasteiger partial charge is 0.226 e. The molecule has 1 aromatic carbocycles. The second kappa shape index (κ2) is 8.89. The average Bonchev–Trinajstić information content (AvgIpc) is 3.29. The Hall–Kier alpha value is -2.16. The van der Waals surface area contributed by atoms with Crippen LogP contribution < -0.4 is 0 Å². The summed E-state index contributed by atoms with van der Waals surface area (Å²) in [5.74, 6) is 0.531. The lowest BCUT2D eigenvalue weighted by atomic mass is 9.93. The van der Waals surface area contributed by atoms with Crippen LogP contribution in [0.15, 0.2) is 41.1 Å². The highest BCUT2D eigenvalue weighted by Crippen LogP contribution is 2.26. The number of carbonyl (C=O) groups excluding carboxylic acids is 1. The van der Waals surface area contributed by atoms with E-state index in [1.165, 1.54) is 16.7 Å². The normalized spacial score (nSPS) is 21.4. The molecule has 4 rings (SSSR count). The zero-order valence-corrected chi connectivity index (χ0v) is 17.0. The summed E-state index contributed by atoms with van der Waals surface area (Å²) >= 11 is 1.72. The number of nitriles is 1. The van der Waals surface area contributed by atoms with E-state index in [-0.39, 0.29) is 11.8 Å². The van der Waals surface area contributed by atoms with E-state index in [0.717, 1.165) is 58.4 Å². The average molecular weight is 394 g/mol. The van der Waals surface area contributed by atoms with E-state index in [4.69, 9.17) is 5.26 Å². The van der Waals surface area contributed by atoms with Crippen LogP contribution in [0.2, 0.25) is 0 Å². The molecule has 0 bridgehead atoms. The largest absolute Gasteiger partial charge is 0.342 e. The van der Waals surface area contributed by atoms with Gasteiger partial charge in [0.25, 0.3) is 0 Å². The number of hydrogen-bond acceptors (Lipinski definition) is 4. The van der Waals surface area contributed by atoms with Crippen molar-refractivity contribution in [3.63, 3.8) is 0 Å². The number of carbonyl (C=O) groups is 1. The van der Waals surface area contributed by atoms with Crippen LogP contribution in [0.3, 0.4) is 0 Å². The molecular weight excluding hydrogens is 366 g/mol. The third-order valence-corrected chi connectivity index (χ3v) is 6.71. The van der Waals surface area contributed by atoms with Crippen LogP contribution in [0.5, 0.6) is 0 Å². The lowest BCUT2D eigenvalue weighted by molar-refractivity contribution is -0.138. The quantitative estimate of drug-likeness (QED) is 0.774. The van der Waals surface area contributed by atoms with Gasteiger partial charge in [0, 0.05) is 32.1 Å². The van der Waals surface area contributed by atoms with E-state index in [1.807, 2.05) is 4.90 Å². The van der Waals surface area contributed by atoms with Crippen molar-refractivity contribution in [1.82, 2.24) is 9.80 Å². The fourth-order valence-corrected chi connectivity index (χ4v) is 5.09. The summed E-state index contributed by atoms with van der Waals surface area (Å²) in [6.45, 7) is 4.30. The first-order valence-electron chi connectivity index (χ1n) is 10.2. The van der Waals surface area contributed by atoms with Crippen LogP contribution in [0.4, 0.5) is 0 Å². The van der Waals surface area contributed by atoms with Gasteiger partial charge in [-0.25, -0.2) is 0 Å². The molecule has 0 aliphatic carbocycles. The van der Waals surface area contributed by atoms with Crippen LogP contribution in [-0.2, 0) is 11.3 Å². The Morgan fingerprint density at radius 2 is 2.00 bits per heavy atom. The van der Waals surface area contributed by atoms with Gasteiger partial charge in [-0.15, -0.1) is 0 Å². The zero-order valence-electron chi connectivity index (χ0n) is 16.2. The molecule has 2 aliphatic rings. The Kier molecular flexibility index (Phi) is 6.09. The first-order chi connectivity index (χ1) is 13.7. The van der Waals surface area contributed by atoms with Crippen molar-refractivity contribution >= 4 is 17.2 Å². The molecule has 0 spiro atoms. The van der Waals surface area contributed by atoms with Gasteiger partial charge in [0.15, 0.2) is 0 Å². The van der Waals surface area contributed by atoms with E-state index in [9.17, 15) is 4.79 Å². The maximum absolute atomic E-state index is 13.0. The van der Waals surface area contributed by atoms with Crippen molar-refractivity contribution in [1.29, 1.82) is 5.26 Å². The number of hydrogen-bond donors (Lipinski definition) is 0. The van der Waals surface area contributed by atoms with Crippen molar-refractivity contribution in [2.75, 3.05) is 26.2 Å². The highest BCUT2D eigenvalue weighted by Gasteiger charge is 2.31. The lowest BCUT2D eigenvalue weighted by Crippen LogP contribution is -2.47. The number of piperidine rings is 2. The molecule has 1 atom stereocenters. The summed E-state index contributed by atoms with van der Waals surface area (Å²) in [6.07, 6.45) is 3.72. The fourth-order valence-electron chi connectivity index (χ4n) is 4.42. The Labute approximate surface area is 171 Å². The Balaban J connectivity index is 1.36. The van der Waals surface area contributed by atoms with Gasteiger partial charge in [0.1, 0.15) is 0 Å². The molecule has 2 aromatic rings. The number of nitrogens with zero attached hydrogens (tertiary/aromatic N) is 3. The summed E-state index contributed by atoms with van der Waals surface area (Å²) in [5, 5.41) is 13.4. The number of amides is 1. The number of likely N-dealkylation sites (tertiary alicyclic amines) is 2. The summed E-state index contributed by atoms with van der Waals surface area (Å²) < 4.78 is 0. The second-order valence-corrected chi connectivity index (χ2v) is 8.80. The standard InChI is InChI=1S/C23H27N3OS/c24-14-18-6-10-26(11-7-18)23(27)21-5-2-9-25(16-21)15-19-3-1-4-20(13-19)22-8-12-28-17-22/h1,3-4,8,12-13,17-18,21H,2,5-7,9-11,15-16H2. The van der Waals surface area contributed by atoms with E-state index in [0.29, 0.717) is 5.91 Å². The van der Waals surface area contributed by atoms with Gasteiger partial charge in [-0.05, 0) is 71.8 Å². The minimum absolute atomic E-state index is 0.104. The van der Waals surface area contributed by atoms with Gasteiger partial charge in [-0.2, -0.15) is 16.6 Å². The van der Waals surface area contributed by atoms with E-state index in [2.05, 4.69) is 52.1 Å². The van der Waals surface area contributed by atoms with Crippen LogP contribution in [0.25, 0.3) is 11.1 Å². The van der Waals surface area contributed by atoms with Gasteiger partial charge in [0.05, 0.1) is 12.0 Å². The van der Waals surface area contributed by atoms with Gasteiger partial charge in [-0.3, -0.25) is 9.69 Å². The molecule has 1 unspecified atom stereocenters. The minimum atomic E-state index is 0.104. The Morgan fingerprint density at radius 3 is 2.75 bits per heavy atom. The van der Waals surface area contributed by atoms with Crippen LogP contribution in [-0.4, -0.2) is 41.9 Å². The first-order valence-corrected chi connectivity index (χ1v) is 11.2. The highest BCUT2D eigenvalue weighted by molar-refractivity contribution is 7.08. The fraction of sp³-hybridized carbons (Fsp3) is 0.478. The summed E-state index contributed by atoms with van der Waals surface area (Å²) in [6, 6.07) is 13.3. The molecule has 3 heterocycles. The summed E-state index contributed by atoms with van der Waals surface area (Å²) in [5.41, 5.74) is 3.86. The van der Waals surface area contributed by atoms with E-state index in [1.54, 1.807) is 11.3 Å². The molecule has 0 radical (unpaired) electrons. The summed E-state index contributed by atoms with van der Waals surface area (Å²) in [7, 11) is 0. The van der Waals surface area contributed by atoms with Gasteiger partial charge < -0.3 is 4.90 Å². The maximum atomic E-state index is 13.0. The molecule has 2 saturated heterocycles. The molecule has 0 N–H and O–H groups in total. The first kappa shape index (κ1) is 19.2. The third-order valence-electron chi connectivity index (χ3n) is 6.03. The SMILES string of the molecule is N#CC1CCN(C(=O)C2CCCN(Cc3cccc(-c4ccsc4)c3)C2)CC1. The molecule has 146 valence electrons. The zero-order chi connectivity index (χ0) is 19.3. The van der Waals surface area contributed by atoms with E-state index >= 15 is 0 Å². The maximum Gasteiger partial charge on any atom is 0.226 e. The van der Waals surface area contributed by atoms with E-state index < -0.39 is 0 Å². The Bertz CT molecular complexity index is 834. The number of thiophene rings is 1. The molecule has 1 aromatic heterocycles. The predicted octanol–water partition coefficient (Wildman–Crippen LogP) is 4.39. The molecule has 2 fully saturated rings. The minimum Gasteiger partial charge on any atom is -0.342 e. The second-order valence-electron chi connectivity index (χ2n) is 8.02. The van der Waals surface area contributed by atoms with Crippen LogP contribution in [0, 0.1) is 23.2 Å². The molecule has 28 heavy (non-hydrogen) atoms. The molecule has 1 amide bonds. The molecule has 2 aliphatic heterocycles. The molecule has 4 nitrogen and oxygen atoms in total. The Morgan fingerprint density at radius 1 is 1.14 bits per heavy atom. The lowest BCUT2D eigenvalue weighted by Gasteiger charge is -2.37. The van der Waals surface area contributed by atoms with Crippen molar-refractivity contribution in [3.8, 4) is 17.2 Å². The van der Waals surface area contributed by atoms with Crippen molar-refractivity contribution in [2.45, 2.75) is 32.2 Å². The number of rotatable bonds is 4. The van der Waals surface area contributed by atoms with Crippen molar-refractivity contribution in [3.05, 3.63) is 46.7 Å². The monoisotopic (exact) mass is 393 g/mol. The predicted molar refractivity (Wildman–Crippen MR) is 113 cm³/mol. The van der Waals surface area contributed by atoms with Crippen LogP contribution >= 0.6 is 11.3 Å². The molecule has 0 saturated carbocycles. The van der Waals surface area contributed by atoms with Crippen molar-refractivity contribution < 1.29 is 4.79 Å². The number of benzene rings is 1. The summed E-state index contributed by atoms with van der Waals surface area (Å²) in [4.78, 5) is 17.4. The van der Waals surface area contributed by atoms with Crippen LogP contribution in [0.1, 0.15) is 31.2 Å². The molecule has 5 heteroatoms. The highest BCUT2D eigenvalue weighted by atomic mass is 32.1. The van der Waals surface area contributed by atoms with Gasteiger partial charge in [0.2, 0.25) is 5.91 Å². The molecular formula is C23H27N3OS.